The van der Waals surface area contributed by atoms with Crippen molar-refractivity contribution in [2.45, 2.75) is 12.8 Å². The van der Waals surface area contributed by atoms with Crippen LogP contribution in [0.2, 0.25) is 0 Å². The van der Waals surface area contributed by atoms with Gasteiger partial charge in [-0.3, -0.25) is 0 Å². The molecule has 10 nitrogen and oxygen atoms in total. The Balaban J connectivity index is -0.000000136. The molecule has 0 amide bonds. The summed E-state index contributed by atoms with van der Waals surface area (Å²) in [5.74, 6) is -2.94. The molecule has 10 heteroatoms. The molecule has 0 heterocycles. The van der Waals surface area contributed by atoms with Gasteiger partial charge in [0.05, 0.1) is 19.8 Å². The molecule has 0 rings (SSSR count). The van der Waals surface area contributed by atoms with E-state index in [-0.39, 0.29) is 26.4 Å². The van der Waals surface area contributed by atoms with Crippen LogP contribution < -0.4 is 0 Å². The number of carbonyl (C=O) groups is 3. The summed E-state index contributed by atoms with van der Waals surface area (Å²) in [5.41, 5.74) is -0.817. The summed E-state index contributed by atoms with van der Waals surface area (Å²) in [6, 6.07) is 0. The SMILES string of the molecule is C=CC(=O)O.C=CC(=O)O.C=CC(=O)O.OCCCC(CO)(CO)CO. The van der Waals surface area contributed by atoms with Gasteiger partial charge in [0, 0.05) is 30.2 Å². The first-order chi connectivity index (χ1) is 12.1. The Bertz CT molecular complexity index is 362. The molecule has 0 bridgehead atoms. The van der Waals surface area contributed by atoms with Gasteiger partial charge >= 0.3 is 17.9 Å². The predicted octanol–water partition coefficient (Wildman–Crippen LogP) is -0.507. The van der Waals surface area contributed by atoms with Crippen LogP contribution in [-0.4, -0.2) is 80.1 Å². The van der Waals surface area contributed by atoms with E-state index < -0.39 is 23.3 Å². The predicted molar refractivity (Wildman–Crippen MR) is 93.5 cm³/mol. The maximum Gasteiger partial charge on any atom is 0.327 e. The second-order valence-electron chi connectivity index (χ2n) is 4.43. The topological polar surface area (TPSA) is 193 Å². The maximum absolute atomic E-state index is 9.25. The fourth-order valence-corrected chi connectivity index (χ4v) is 0.841. The lowest BCUT2D eigenvalue weighted by Crippen LogP contribution is -2.34. The minimum absolute atomic E-state index is 0.0156. The van der Waals surface area contributed by atoms with Crippen LogP contribution in [0.1, 0.15) is 12.8 Å². The summed E-state index contributed by atoms with van der Waals surface area (Å²) in [7, 11) is 0. The quantitative estimate of drug-likeness (QED) is 0.256. The van der Waals surface area contributed by atoms with Crippen LogP contribution in [0, 0.1) is 5.41 Å². The van der Waals surface area contributed by atoms with E-state index in [0.29, 0.717) is 12.8 Å². The van der Waals surface area contributed by atoms with Gasteiger partial charge in [0.1, 0.15) is 0 Å². The first kappa shape index (κ1) is 31.3. The molecule has 0 saturated heterocycles. The summed E-state index contributed by atoms with van der Waals surface area (Å²) in [5, 5.41) is 57.7. The van der Waals surface area contributed by atoms with E-state index in [9.17, 15) is 14.4 Å². The van der Waals surface area contributed by atoms with Crippen molar-refractivity contribution < 1.29 is 50.1 Å². The van der Waals surface area contributed by atoms with Crippen molar-refractivity contribution in [3.8, 4) is 0 Å². The van der Waals surface area contributed by atoms with Crippen LogP contribution in [0.15, 0.2) is 38.0 Å². The highest BCUT2D eigenvalue weighted by Gasteiger charge is 2.26. The second-order valence-corrected chi connectivity index (χ2v) is 4.43. The molecule has 0 radical (unpaired) electrons. The average molecular weight is 380 g/mol. The maximum atomic E-state index is 9.25. The fraction of sp³-hybridized carbons (Fsp3) is 0.438. The highest BCUT2D eigenvalue weighted by molar-refractivity contribution is 5.79. The number of hydrogen-bond donors (Lipinski definition) is 7. The molecule has 0 fully saturated rings. The van der Waals surface area contributed by atoms with Gasteiger partial charge in [-0.05, 0) is 12.8 Å². The molecule has 0 aromatic rings. The highest BCUT2D eigenvalue weighted by atomic mass is 16.4. The largest absolute Gasteiger partial charge is 0.478 e. The summed E-state index contributed by atoms with van der Waals surface area (Å²) in [6.07, 6.45) is 3.43. The molecule has 0 aliphatic carbocycles. The monoisotopic (exact) mass is 380 g/mol. The number of aliphatic hydroxyl groups excluding tert-OH is 4. The van der Waals surface area contributed by atoms with Gasteiger partial charge < -0.3 is 35.7 Å². The van der Waals surface area contributed by atoms with E-state index in [1.165, 1.54) is 0 Å². The van der Waals surface area contributed by atoms with E-state index in [1.54, 1.807) is 0 Å². The number of hydrogen-bond acceptors (Lipinski definition) is 7. The lowest BCUT2D eigenvalue weighted by molar-refractivity contribution is -0.132. The number of carboxylic acids is 3. The number of carboxylic acid groups (broad SMARTS) is 3. The third-order valence-corrected chi connectivity index (χ3v) is 2.40. The van der Waals surface area contributed by atoms with Crippen LogP contribution in [-0.2, 0) is 14.4 Å². The third kappa shape index (κ3) is 29.5. The minimum atomic E-state index is -0.981. The molecular formula is C16H28O10. The second kappa shape index (κ2) is 22.5. The first-order valence-corrected chi connectivity index (χ1v) is 7.05. The Morgan fingerprint density at radius 3 is 1.04 bits per heavy atom. The summed E-state index contributed by atoms with van der Waals surface area (Å²) >= 11 is 0. The molecule has 26 heavy (non-hydrogen) atoms. The van der Waals surface area contributed by atoms with E-state index in [2.05, 4.69) is 19.7 Å². The van der Waals surface area contributed by atoms with Crippen molar-refractivity contribution in [1.82, 2.24) is 0 Å². The Morgan fingerprint density at radius 2 is 0.923 bits per heavy atom. The van der Waals surface area contributed by atoms with Gasteiger partial charge in [0.25, 0.3) is 0 Å². The van der Waals surface area contributed by atoms with E-state index in [0.717, 1.165) is 18.2 Å². The Hall–Kier alpha value is -2.53. The molecule has 0 unspecified atom stereocenters. The van der Waals surface area contributed by atoms with Crippen LogP contribution in [0.3, 0.4) is 0 Å². The third-order valence-electron chi connectivity index (χ3n) is 2.40. The lowest BCUT2D eigenvalue weighted by Gasteiger charge is -2.26. The zero-order chi connectivity index (χ0) is 21.6. The Morgan fingerprint density at radius 1 is 0.692 bits per heavy atom. The van der Waals surface area contributed by atoms with Gasteiger partial charge in [-0.1, -0.05) is 19.7 Å². The van der Waals surface area contributed by atoms with Crippen LogP contribution >= 0.6 is 0 Å². The fourth-order valence-electron chi connectivity index (χ4n) is 0.841. The molecule has 152 valence electrons. The van der Waals surface area contributed by atoms with Crippen LogP contribution in [0.5, 0.6) is 0 Å². The van der Waals surface area contributed by atoms with E-state index in [1.807, 2.05) is 0 Å². The zero-order valence-electron chi connectivity index (χ0n) is 14.5. The zero-order valence-corrected chi connectivity index (χ0v) is 14.5. The first-order valence-electron chi connectivity index (χ1n) is 7.05. The highest BCUT2D eigenvalue weighted by Crippen LogP contribution is 2.21. The standard InChI is InChI=1S/C7H16O4.3C3H4O2/c8-3-1-2-7(4-9,5-10)6-11;3*1-2-3(4)5/h8-11H,1-6H2;3*2H,1H2,(H,4,5). The van der Waals surface area contributed by atoms with Gasteiger partial charge in [-0.2, -0.15) is 0 Å². The Kier molecular flexibility index (Phi) is 27.0. The molecule has 0 saturated carbocycles. The normalized spacial score (nSPS) is 8.77. The average Bonchev–Trinajstić information content (AvgIpc) is 2.64. The van der Waals surface area contributed by atoms with Gasteiger partial charge in [0.2, 0.25) is 0 Å². The molecule has 0 aliphatic heterocycles. The molecular weight excluding hydrogens is 352 g/mol. The number of aliphatic hydroxyl groups is 4. The summed E-state index contributed by atoms with van der Waals surface area (Å²) in [4.78, 5) is 27.8. The van der Waals surface area contributed by atoms with Crippen LogP contribution in [0.4, 0.5) is 0 Å². The van der Waals surface area contributed by atoms with Gasteiger partial charge in [-0.25, -0.2) is 14.4 Å². The molecule has 0 atom stereocenters. The Labute approximate surface area is 151 Å². The lowest BCUT2D eigenvalue weighted by atomic mass is 9.86. The van der Waals surface area contributed by atoms with Gasteiger partial charge in [-0.15, -0.1) is 0 Å². The van der Waals surface area contributed by atoms with Crippen molar-refractivity contribution in [3.63, 3.8) is 0 Å². The summed E-state index contributed by atoms with van der Waals surface area (Å²) in [6.45, 7) is 8.15. The summed E-state index contributed by atoms with van der Waals surface area (Å²) < 4.78 is 0. The van der Waals surface area contributed by atoms with Crippen molar-refractivity contribution in [3.05, 3.63) is 38.0 Å². The molecule has 0 aromatic carbocycles. The van der Waals surface area contributed by atoms with Crippen molar-refractivity contribution in [2.75, 3.05) is 26.4 Å². The van der Waals surface area contributed by atoms with Crippen molar-refractivity contribution in [1.29, 1.82) is 0 Å². The van der Waals surface area contributed by atoms with Crippen LogP contribution in [0.25, 0.3) is 0 Å². The van der Waals surface area contributed by atoms with E-state index in [4.69, 9.17) is 35.7 Å². The molecule has 0 aromatic heterocycles. The number of aliphatic carboxylic acids is 3. The number of rotatable bonds is 9. The van der Waals surface area contributed by atoms with Crippen molar-refractivity contribution >= 4 is 17.9 Å². The van der Waals surface area contributed by atoms with E-state index >= 15 is 0 Å². The molecule has 7 N–H and O–H groups in total. The van der Waals surface area contributed by atoms with Crippen molar-refractivity contribution in [2.24, 2.45) is 5.41 Å². The smallest absolute Gasteiger partial charge is 0.327 e. The molecule has 0 aliphatic rings. The minimum Gasteiger partial charge on any atom is -0.478 e. The molecule has 0 spiro atoms. The van der Waals surface area contributed by atoms with Gasteiger partial charge in [0.15, 0.2) is 0 Å².